The van der Waals surface area contributed by atoms with E-state index in [4.69, 9.17) is 9.47 Å². The van der Waals surface area contributed by atoms with Crippen LogP contribution in [0.1, 0.15) is 27.9 Å². The van der Waals surface area contributed by atoms with Crippen LogP contribution in [-0.4, -0.2) is 65.1 Å². The molecule has 2 aromatic heterocycles. The smallest absolute Gasteiger partial charge is 0.254 e. The Balaban J connectivity index is 1.41. The lowest BCUT2D eigenvalue weighted by Crippen LogP contribution is -2.39. The zero-order valence-electron chi connectivity index (χ0n) is 18.8. The van der Waals surface area contributed by atoms with Gasteiger partial charge in [0.05, 0.1) is 13.2 Å². The summed E-state index contributed by atoms with van der Waals surface area (Å²) < 4.78 is 11.3. The summed E-state index contributed by atoms with van der Waals surface area (Å²) in [5.74, 6) is 0.419. The van der Waals surface area contributed by atoms with Crippen LogP contribution >= 0.6 is 0 Å². The van der Waals surface area contributed by atoms with Crippen LogP contribution in [-0.2, 0) is 17.9 Å². The van der Waals surface area contributed by atoms with E-state index in [0.717, 1.165) is 50.4 Å². The number of benzene rings is 1. The summed E-state index contributed by atoms with van der Waals surface area (Å²) in [5.41, 5.74) is 2.69. The summed E-state index contributed by atoms with van der Waals surface area (Å²) in [4.78, 5) is 26.1. The summed E-state index contributed by atoms with van der Waals surface area (Å²) in [6.07, 6.45) is 6.05. The van der Waals surface area contributed by atoms with E-state index in [1.54, 1.807) is 30.7 Å². The van der Waals surface area contributed by atoms with Gasteiger partial charge in [0.1, 0.15) is 6.61 Å². The van der Waals surface area contributed by atoms with E-state index in [0.29, 0.717) is 31.1 Å². The highest BCUT2D eigenvalue weighted by molar-refractivity contribution is 5.94. The van der Waals surface area contributed by atoms with Gasteiger partial charge in [0.2, 0.25) is 5.88 Å². The van der Waals surface area contributed by atoms with E-state index >= 15 is 0 Å². The van der Waals surface area contributed by atoms with Gasteiger partial charge in [-0.2, -0.15) is 0 Å². The van der Waals surface area contributed by atoms with Crippen LogP contribution in [0.2, 0.25) is 0 Å². The summed E-state index contributed by atoms with van der Waals surface area (Å²) in [7, 11) is 0. The van der Waals surface area contributed by atoms with Crippen LogP contribution in [0.3, 0.4) is 0 Å². The molecule has 1 amide bonds. The maximum Gasteiger partial charge on any atom is 0.254 e. The van der Waals surface area contributed by atoms with Crippen molar-refractivity contribution < 1.29 is 14.3 Å². The molecular weight excluding hydrogens is 416 g/mol. The molecule has 7 heteroatoms. The number of morpholine rings is 1. The second-order valence-corrected chi connectivity index (χ2v) is 8.05. The van der Waals surface area contributed by atoms with E-state index in [-0.39, 0.29) is 5.91 Å². The van der Waals surface area contributed by atoms with Gasteiger partial charge in [-0.15, -0.1) is 0 Å². The minimum absolute atomic E-state index is 0.0271. The molecule has 1 aliphatic rings. The number of amides is 1. The fourth-order valence-corrected chi connectivity index (χ4v) is 3.81. The van der Waals surface area contributed by atoms with Crippen LogP contribution in [0, 0.1) is 0 Å². The van der Waals surface area contributed by atoms with Crippen molar-refractivity contribution in [1.29, 1.82) is 0 Å². The number of carbonyl (C=O) groups excluding carboxylic acids is 1. The van der Waals surface area contributed by atoms with Gasteiger partial charge in [-0.05, 0) is 35.7 Å². The Morgan fingerprint density at radius 2 is 1.79 bits per heavy atom. The quantitative estimate of drug-likeness (QED) is 0.475. The third-order valence-corrected chi connectivity index (χ3v) is 5.63. The van der Waals surface area contributed by atoms with Crippen LogP contribution in [0.15, 0.2) is 73.2 Å². The van der Waals surface area contributed by atoms with Crippen molar-refractivity contribution >= 4 is 5.91 Å². The monoisotopic (exact) mass is 446 g/mol. The number of carbonyl (C=O) groups is 1. The first-order valence-electron chi connectivity index (χ1n) is 11.4. The average Bonchev–Trinajstić information content (AvgIpc) is 2.88. The van der Waals surface area contributed by atoms with E-state index in [9.17, 15) is 4.79 Å². The highest BCUT2D eigenvalue weighted by Gasteiger charge is 2.18. The zero-order chi connectivity index (χ0) is 22.7. The lowest BCUT2D eigenvalue weighted by atomic mass is 10.2. The molecule has 33 heavy (non-hydrogen) atoms. The van der Waals surface area contributed by atoms with Crippen molar-refractivity contribution in [2.24, 2.45) is 0 Å². The van der Waals surface area contributed by atoms with E-state index < -0.39 is 0 Å². The Labute approximate surface area is 195 Å². The van der Waals surface area contributed by atoms with Crippen molar-refractivity contribution in [2.45, 2.75) is 19.6 Å². The number of ether oxygens (including phenoxy) is 2. The first kappa shape index (κ1) is 22.9. The first-order chi connectivity index (χ1) is 16.3. The molecule has 1 saturated heterocycles. The molecular formula is C26H30N4O3. The average molecular weight is 447 g/mol. The number of hydrogen-bond donors (Lipinski definition) is 0. The molecule has 0 unspecified atom stereocenters. The molecule has 0 N–H and O–H groups in total. The van der Waals surface area contributed by atoms with Gasteiger partial charge in [0.15, 0.2) is 0 Å². The number of hydrogen-bond acceptors (Lipinski definition) is 6. The van der Waals surface area contributed by atoms with E-state index in [2.05, 4.69) is 14.9 Å². The third kappa shape index (κ3) is 7.10. The molecule has 0 spiro atoms. The fourth-order valence-electron chi connectivity index (χ4n) is 3.81. The number of nitrogens with zero attached hydrogens (tertiary/aromatic N) is 4. The Kier molecular flexibility index (Phi) is 8.38. The topological polar surface area (TPSA) is 67.8 Å². The fraction of sp³-hybridized carbons (Fsp3) is 0.346. The van der Waals surface area contributed by atoms with Gasteiger partial charge in [-0.1, -0.05) is 30.3 Å². The van der Waals surface area contributed by atoms with E-state index in [1.807, 2.05) is 47.4 Å². The molecule has 4 rings (SSSR count). The van der Waals surface area contributed by atoms with Crippen molar-refractivity contribution in [2.75, 3.05) is 39.4 Å². The van der Waals surface area contributed by atoms with Crippen LogP contribution in [0.5, 0.6) is 5.88 Å². The number of aromatic nitrogens is 2. The molecule has 1 fully saturated rings. The first-order valence-corrected chi connectivity index (χ1v) is 11.4. The van der Waals surface area contributed by atoms with Gasteiger partial charge in [0.25, 0.3) is 5.91 Å². The van der Waals surface area contributed by atoms with Gasteiger partial charge >= 0.3 is 0 Å². The van der Waals surface area contributed by atoms with Crippen molar-refractivity contribution in [3.63, 3.8) is 0 Å². The number of rotatable bonds is 10. The summed E-state index contributed by atoms with van der Waals surface area (Å²) in [6.45, 7) is 6.02. The second kappa shape index (κ2) is 12.1. The van der Waals surface area contributed by atoms with Crippen molar-refractivity contribution in [3.05, 3.63) is 89.9 Å². The maximum atomic E-state index is 13.5. The summed E-state index contributed by atoms with van der Waals surface area (Å²) in [5, 5.41) is 0. The Bertz CT molecular complexity index is 995. The van der Waals surface area contributed by atoms with Crippen LogP contribution in [0.25, 0.3) is 0 Å². The second-order valence-electron chi connectivity index (χ2n) is 8.05. The predicted molar refractivity (Wildman–Crippen MR) is 126 cm³/mol. The summed E-state index contributed by atoms with van der Waals surface area (Å²) >= 11 is 0. The predicted octanol–water partition coefficient (Wildman–Crippen LogP) is 3.42. The van der Waals surface area contributed by atoms with Crippen molar-refractivity contribution in [3.8, 4) is 5.88 Å². The van der Waals surface area contributed by atoms with E-state index in [1.165, 1.54) is 0 Å². The molecule has 7 nitrogen and oxygen atoms in total. The normalized spacial score (nSPS) is 14.1. The molecule has 0 radical (unpaired) electrons. The SMILES string of the molecule is O=C(c1ccnc(OCc2ccccc2)c1)N(CCCN1CCOCC1)Cc1ccncc1. The zero-order valence-corrected chi connectivity index (χ0v) is 18.8. The Morgan fingerprint density at radius 3 is 2.58 bits per heavy atom. The minimum Gasteiger partial charge on any atom is -0.473 e. The van der Waals surface area contributed by atoms with Gasteiger partial charge in [-0.25, -0.2) is 4.98 Å². The molecule has 1 aliphatic heterocycles. The lowest BCUT2D eigenvalue weighted by Gasteiger charge is -2.28. The Morgan fingerprint density at radius 1 is 1.00 bits per heavy atom. The van der Waals surface area contributed by atoms with Gasteiger partial charge in [-0.3, -0.25) is 14.7 Å². The van der Waals surface area contributed by atoms with Crippen molar-refractivity contribution in [1.82, 2.24) is 19.8 Å². The molecule has 0 atom stereocenters. The molecule has 0 saturated carbocycles. The molecule has 0 aliphatic carbocycles. The van der Waals surface area contributed by atoms with Crippen LogP contribution in [0.4, 0.5) is 0 Å². The minimum atomic E-state index is -0.0271. The highest BCUT2D eigenvalue weighted by atomic mass is 16.5. The molecule has 1 aromatic carbocycles. The Hall–Kier alpha value is -3.29. The maximum absolute atomic E-state index is 13.5. The molecule has 3 heterocycles. The largest absolute Gasteiger partial charge is 0.473 e. The molecule has 172 valence electrons. The molecule has 3 aromatic rings. The highest BCUT2D eigenvalue weighted by Crippen LogP contribution is 2.16. The van der Waals surface area contributed by atoms with Crippen LogP contribution < -0.4 is 4.74 Å². The number of pyridine rings is 2. The molecule has 0 bridgehead atoms. The standard InChI is InChI=1S/C26H30N4O3/c31-26(24-9-12-28-25(19-24)33-21-23-5-2-1-3-6-23)30(20-22-7-10-27-11-8-22)14-4-13-29-15-17-32-18-16-29/h1-3,5-12,19H,4,13-18,20-21H2. The lowest BCUT2D eigenvalue weighted by molar-refractivity contribution is 0.0355. The van der Waals surface area contributed by atoms with Gasteiger partial charge < -0.3 is 14.4 Å². The third-order valence-electron chi connectivity index (χ3n) is 5.63. The van der Waals surface area contributed by atoms with Gasteiger partial charge in [0, 0.05) is 62.9 Å². The summed E-state index contributed by atoms with van der Waals surface area (Å²) in [6, 6.07) is 17.3.